The molecule has 1 aliphatic rings. The summed E-state index contributed by atoms with van der Waals surface area (Å²) in [7, 11) is 7.29. The zero-order valence-corrected chi connectivity index (χ0v) is 10.1. The second-order valence-electron chi connectivity index (χ2n) is 2.96. The van der Waals surface area contributed by atoms with E-state index in [0.717, 1.165) is 0 Å². The van der Waals surface area contributed by atoms with Crippen molar-refractivity contribution in [1.29, 1.82) is 0 Å². The summed E-state index contributed by atoms with van der Waals surface area (Å²) in [5, 5.41) is 39.1. The first-order valence-electron chi connectivity index (χ1n) is 4.13. The Hall–Kier alpha value is 0.564. The Balaban J connectivity index is 0.000000921. The van der Waals surface area contributed by atoms with Gasteiger partial charge in [-0.3, -0.25) is 7.05 Å². The normalized spacial score (nSPS) is 40.4. The van der Waals surface area contributed by atoms with E-state index in [1.54, 1.807) is 0 Å². The summed E-state index contributed by atoms with van der Waals surface area (Å²) in [5.74, 6) is 0. The summed E-state index contributed by atoms with van der Waals surface area (Å²) in [5.41, 5.74) is 0. The third kappa shape index (κ3) is 3.81. The van der Waals surface area contributed by atoms with E-state index in [2.05, 4.69) is 22.6 Å². The van der Waals surface area contributed by atoms with Crippen LogP contribution in [0.3, 0.4) is 0 Å². The van der Waals surface area contributed by atoms with Gasteiger partial charge in [0.25, 0.3) is 0 Å². The van der Waals surface area contributed by atoms with Crippen molar-refractivity contribution >= 4 is 10.3 Å². The van der Waals surface area contributed by atoms with Gasteiger partial charge in [0.1, 0.15) is 18.3 Å². The molecule has 0 aromatic heterocycles. The van der Waals surface area contributed by atoms with Crippen LogP contribution in [0, 0.1) is 7.05 Å². The van der Waals surface area contributed by atoms with Crippen LogP contribution in [-0.2, 0) is 20.5 Å². The van der Waals surface area contributed by atoms with Crippen LogP contribution in [0.15, 0.2) is 0 Å². The Morgan fingerprint density at radius 2 is 1.80 bits per heavy atom. The number of ether oxygens (including phenoxy) is 1. The topological polar surface area (TPSA) is 102 Å². The predicted octanol–water partition coefficient (Wildman–Crippen LogP) is -2.19. The third-order valence-electron chi connectivity index (χ3n) is 2.14. The van der Waals surface area contributed by atoms with Crippen molar-refractivity contribution in [2.24, 2.45) is 0 Å². The molecule has 5 atom stereocenters. The van der Waals surface area contributed by atoms with Crippen molar-refractivity contribution in [3.8, 4) is 0 Å². The summed E-state index contributed by atoms with van der Waals surface area (Å²) in [4.78, 5) is 0. The molecule has 0 aliphatic carbocycles. The van der Waals surface area contributed by atoms with E-state index in [9.17, 15) is 15.3 Å². The first-order valence-corrected chi connectivity index (χ1v) is 6.20. The van der Waals surface area contributed by atoms with E-state index in [-0.39, 0.29) is 0 Å². The monoisotopic (exact) mass is 275 g/mol. The molecule has 89 valence electrons. The molecule has 8 heteroatoms. The Morgan fingerprint density at radius 1 is 1.27 bits per heavy atom. The molecule has 15 heavy (non-hydrogen) atoms. The number of aliphatic hydroxyl groups is 4. The van der Waals surface area contributed by atoms with E-state index < -0.39 is 37.3 Å². The summed E-state index contributed by atoms with van der Waals surface area (Å²) in [6.07, 6.45) is -4.69. The fourth-order valence-electron chi connectivity index (χ4n) is 1.32. The second kappa shape index (κ2) is 7.78. The van der Waals surface area contributed by atoms with Crippen LogP contribution in [0.25, 0.3) is 0 Å². The van der Waals surface area contributed by atoms with Crippen molar-refractivity contribution < 1.29 is 40.9 Å². The van der Waals surface area contributed by atoms with Gasteiger partial charge >= 0.3 is 26.0 Å². The molecule has 5 N–H and O–H groups in total. The van der Waals surface area contributed by atoms with Gasteiger partial charge in [0.2, 0.25) is 0 Å². The summed E-state index contributed by atoms with van der Waals surface area (Å²) in [6.45, 7) is -0.459. The number of hydrogen-bond acceptors (Lipinski definition) is 7. The molecule has 6 nitrogen and oxygen atoms in total. The number of hydrogen-bond donors (Lipinski definition) is 5. The van der Waals surface area contributed by atoms with Crippen LogP contribution >= 0.6 is 10.3 Å². The summed E-state index contributed by atoms with van der Waals surface area (Å²) >= 11 is 1.90. The van der Waals surface area contributed by atoms with E-state index >= 15 is 0 Å². The fraction of sp³-hybridized carbons (Fsp3) is 0.857. The molecular weight excluding hydrogens is 261 g/mol. The quantitative estimate of drug-likeness (QED) is 0.365. The molecule has 0 aromatic rings. The van der Waals surface area contributed by atoms with Crippen LogP contribution in [0.4, 0.5) is 0 Å². The Morgan fingerprint density at radius 3 is 2.20 bits per heavy atom. The standard InChI is InChI=1S/C7H14NO5.S.V/c1-8-4-6(11)5(10)3(2-9)13-7(4)12;;/h3-12H,1-2H2;;/q-1;;/t3-,4+,5+,6-,7?;;/m1../s1. The number of nitrogens with one attached hydrogen (secondary N) is 1. The fourth-order valence-corrected chi connectivity index (χ4v) is 1.32. The van der Waals surface area contributed by atoms with Crippen LogP contribution in [0.2, 0.25) is 0 Å². The molecule has 1 saturated heterocycles. The zero-order chi connectivity index (χ0) is 12.0. The molecule has 0 amide bonds. The van der Waals surface area contributed by atoms with Crippen molar-refractivity contribution in [2.45, 2.75) is 30.6 Å². The van der Waals surface area contributed by atoms with Gasteiger partial charge in [-0.1, -0.05) is 0 Å². The van der Waals surface area contributed by atoms with Gasteiger partial charge in [-0.2, -0.15) is 0 Å². The Bertz CT molecular complexity index is 189. The van der Waals surface area contributed by atoms with E-state index in [1.165, 1.54) is 0 Å². The molecule has 0 spiro atoms. The van der Waals surface area contributed by atoms with E-state index in [0.29, 0.717) is 0 Å². The molecular formula is C7H14NO5SV-. The molecule has 0 bridgehead atoms. The molecule has 1 heterocycles. The van der Waals surface area contributed by atoms with Gasteiger partial charge in [-0.05, 0) is 0 Å². The third-order valence-corrected chi connectivity index (χ3v) is 2.14. The van der Waals surface area contributed by atoms with Gasteiger partial charge in [0.05, 0.1) is 12.6 Å². The SMILES string of the molecule is [CH2-]N[C@@H]1C(O)O[C@H](CO)[C@H](O)[C@@H]1O.[S]=[V]. The average Bonchev–Trinajstić information content (AvgIpc) is 2.27. The number of rotatable bonds is 2. The van der Waals surface area contributed by atoms with Gasteiger partial charge < -0.3 is 30.5 Å². The van der Waals surface area contributed by atoms with Crippen molar-refractivity contribution in [3.63, 3.8) is 0 Å². The van der Waals surface area contributed by atoms with Crippen LogP contribution in [0.5, 0.6) is 0 Å². The van der Waals surface area contributed by atoms with Crippen molar-refractivity contribution in [3.05, 3.63) is 7.05 Å². The molecule has 1 fully saturated rings. The molecule has 1 rings (SSSR count). The molecule has 1 unspecified atom stereocenters. The number of aliphatic hydroxyl groups excluding tert-OH is 4. The molecule has 0 radical (unpaired) electrons. The van der Waals surface area contributed by atoms with Gasteiger partial charge in [0, 0.05) is 0 Å². The maximum atomic E-state index is 9.41. The Labute approximate surface area is 101 Å². The van der Waals surface area contributed by atoms with Gasteiger partial charge in [0.15, 0.2) is 6.29 Å². The molecule has 1 aliphatic heterocycles. The first-order chi connectivity index (χ1) is 7.11. The first kappa shape index (κ1) is 15.6. The zero-order valence-electron chi connectivity index (χ0n) is 7.85. The Kier molecular flexibility index (Phi) is 8.07. The minimum absolute atomic E-state index is 0.459. The second-order valence-corrected chi connectivity index (χ2v) is 2.96. The average molecular weight is 275 g/mol. The minimum atomic E-state index is -1.28. The van der Waals surface area contributed by atoms with E-state index in [1.807, 2.05) is 15.7 Å². The van der Waals surface area contributed by atoms with Crippen LogP contribution in [-0.4, -0.2) is 57.7 Å². The summed E-state index contributed by atoms with van der Waals surface area (Å²) < 4.78 is 4.81. The van der Waals surface area contributed by atoms with Crippen LogP contribution in [0.1, 0.15) is 0 Å². The predicted molar refractivity (Wildman–Crippen MR) is 49.9 cm³/mol. The summed E-state index contributed by atoms with van der Waals surface area (Å²) in [6, 6.07) is -0.849. The van der Waals surface area contributed by atoms with E-state index in [4.69, 9.17) is 9.84 Å². The van der Waals surface area contributed by atoms with Crippen molar-refractivity contribution in [1.82, 2.24) is 5.32 Å². The van der Waals surface area contributed by atoms with Crippen molar-refractivity contribution in [2.75, 3.05) is 6.61 Å². The molecule has 0 aromatic carbocycles. The molecule has 0 saturated carbocycles. The van der Waals surface area contributed by atoms with Crippen LogP contribution < -0.4 is 5.32 Å². The van der Waals surface area contributed by atoms with Gasteiger partial charge in [-0.25, -0.2) is 0 Å². The maximum absolute atomic E-state index is 9.41. The van der Waals surface area contributed by atoms with Gasteiger partial charge in [-0.15, -0.1) is 0 Å².